The summed E-state index contributed by atoms with van der Waals surface area (Å²) in [6, 6.07) is 7.16. The van der Waals surface area contributed by atoms with Crippen molar-refractivity contribution in [1.82, 2.24) is 0 Å². The molecule has 1 N–H and O–H groups in total. The van der Waals surface area contributed by atoms with E-state index in [1.807, 2.05) is 4.90 Å². The molecule has 0 bridgehead atoms. The monoisotopic (exact) mass is 244 g/mol. The molecule has 1 unspecified atom stereocenters. The van der Waals surface area contributed by atoms with Crippen molar-refractivity contribution in [1.29, 1.82) is 5.26 Å². The fourth-order valence-corrected chi connectivity index (χ4v) is 2.33. The number of nitriles is 1. The second-order valence-corrected chi connectivity index (χ2v) is 4.64. The van der Waals surface area contributed by atoms with Gasteiger partial charge in [-0.3, -0.25) is 4.79 Å². The van der Waals surface area contributed by atoms with Gasteiger partial charge in [0.2, 0.25) is 0 Å². The van der Waals surface area contributed by atoms with Crippen molar-refractivity contribution in [2.45, 2.75) is 25.9 Å². The Morgan fingerprint density at radius 3 is 2.94 bits per heavy atom. The van der Waals surface area contributed by atoms with Crippen molar-refractivity contribution in [3.63, 3.8) is 0 Å². The number of nitrogens with zero attached hydrogens (tertiary/aromatic N) is 2. The van der Waals surface area contributed by atoms with E-state index in [-0.39, 0.29) is 11.9 Å². The molecule has 0 spiro atoms. The second-order valence-electron chi connectivity index (χ2n) is 4.64. The molecular formula is C14H16N2O2. The largest absolute Gasteiger partial charge is 0.391 e. The lowest BCUT2D eigenvalue weighted by Gasteiger charge is -2.33. The number of carbonyl (C=O) groups excluding carboxylic acids is 1. The van der Waals surface area contributed by atoms with Gasteiger partial charge in [-0.25, -0.2) is 0 Å². The molecule has 1 aromatic carbocycles. The molecule has 1 fully saturated rings. The quantitative estimate of drug-likeness (QED) is 0.804. The van der Waals surface area contributed by atoms with E-state index in [1.54, 1.807) is 18.2 Å². The van der Waals surface area contributed by atoms with Crippen LogP contribution < -0.4 is 4.90 Å². The van der Waals surface area contributed by atoms with Gasteiger partial charge in [0.05, 0.1) is 17.7 Å². The highest BCUT2D eigenvalue weighted by Crippen LogP contribution is 2.26. The lowest BCUT2D eigenvalue weighted by molar-refractivity contribution is 0.101. The minimum absolute atomic E-state index is 0.0189. The van der Waals surface area contributed by atoms with E-state index < -0.39 is 0 Å². The number of carbonyl (C=O) groups is 1. The third kappa shape index (κ3) is 2.52. The number of hydrogen-bond acceptors (Lipinski definition) is 4. The van der Waals surface area contributed by atoms with Crippen LogP contribution in [0.15, 0.2) is 18.2 Å². The molecule has 0 saturated carbocycles. The number of ketones is 1. The zero-order valence-corrected chi connectivity index (χ0v) is 10.4. The second kappa shape index (κ2) is 5.19. The zero-order valence-electron chi connectivity index (χ0n) is 10.4. The van der Waals surface area contributed by atoms with Gasteiger partial charge in [-0.2, -0.15) is 5.26 Å². The number of rotatable bonds is 2. The van der Waals surface area contributed by atoms with Gasteiger partial charge in [0.25, 0.3) is 0 Å². The van der Waals surface area contributed by atoms with E-state index in [2.05, 4.69) is 6.07 Å². The molecule has 0 aliphatic carbocycles. The fourth-order valence-electron chi connectivity index (χ4n) is 2.33. The van der Waals surface area contributed by atoms with E-state index in [0.29, 0.717) is 17.7 Å². The first-order chi connectivity index (χ1) is 8.61. The maximum Gasteiger partial charge on any atom is 0.161 e. The SMILES string of the molecule is CC(=O)c1ccc(C#N)cc1N1CCCC(O)C1. The summed E-state index contributed by atoms with van der Waals surface area (Å²) < 4.78 is 0. The third-order valence-electron chi connectivity index (χ3n) is 3.24. The predicted molar refractivity (Wildman–Crippen MR) is 68.6 cm³/mol. The topological polar surface area (TPSA) is 64.3 Å². The van der Waals surface area contributed by atoms with E-state index in [0.717, 1.165) is 25.1 Å². The molecule has 18 heavy (non-hydrogen) atoms. The van der Waals surface area contributed by atoms with Crippen LogP contribution in [0.5, 0.6) is 0 Å². The molecule has 1 aromatic rings. The number of aliphatic hydroxyl groups excluding tert-OH is 1. The average Bonchev–Trinajstić information content (AvgIpc) is 2.38. The molecule has 1 atom stereocenters. The molecule has 1 saturated heterocycles. The summed E-state index contributed by atoms with van der Waals surface area (Å²) in [6.45, 7) is 2.85. The summed E-state index contributed by atoms with van der Waals surface area (Å²) in [6.07, 6.45) is 1.34. The third-order valence-corrected chi connectivity index (χ3v) is 3.24. The summed E-state index contributed by atoms with van der Waals surface area (Å²) >= 11 is 0. The number of aliphatic hydroxyl groups is 1. The molecule has 2 rings (SSSR count). The summed E-state index contributed by atoms with van der Waals surface area (Å²) in [7, 11) is 0. The van der Waals surface area contributed by atoms with Crippen molar-refractivity contribution in [2.24, 2.45) is 0 Å². The van der Waals surface area contributed by atoms with Crippen LogP contribution in [0, 0.1) is 11.3 Å². The van der Waals surface area contributed by atoms with Crippen LogP contribution in [0.3, 0.4) is 0 Å². The zero-order chi connectivity index (χ0) is 13.1. The Labute approximate surface area is 106 Å². The van der Waals surface area contributed by atoms with Crippen molar-refractivity contribution in [2.75, 3.05) is 18.0 Å². The van der Waals surface area contributed by atoms with Crippen LogP contribution in [0.1, 0.15) is 35.7 Å². The van der Waals surface area contributed by atoms with Crippen LogP contribution in [0.25, 0.3) is 0 Å². The smallest absolute Gasteiger partial charge is 0.161 e. The highest BCUT2D eigenvalue weighted by atomic mass is 16.3. The molecule has 1 aliphatic heterocycles. The number of β-amino-alcohol motifs (C(OH)–C–C–N with tert-alkyl or cyclic N) is 1. The first-order valence-electron chi connectivity index (χ1n) is 6.10. The van der Waals surface area contributed by atoms with Crippen molar-refractivity contribution < 1.29 is 9.90 Å². The Balaban J connectivity index is 2.40. The summed E-state index contributed by atoms with van der Waals surface area (Å²) in [4.78, 5) is 13.6. The Kier molecular flexibility index (Phi) is 3.63. The van der Waals surface area contributed by atoms with Gasteiger partial charge in [0, 0.05) is 24.3 Å². The van der Waals surface area contributed by atoms with Crippen LogP contribution in [0.4, 0.5) is 5.69 Å². The summed E-state index contributed by atoms with van der Waals surface area (Å²) in [5.41, 5.74) is 1.92. The van der Waals surface area contributed by atoms with Crippen LogP contribution in [-0.2, 0) is 0 Å². The Hall–Kier alpha value is -1.86. The van der Waals surface area contributed by atoms with Crippen molar-refractivity contribution >= 4 is 11.5 Å². The van der Waals surface area contributed by atoms with E-state index in [9.17, 15) is 9.90 Å². The van der Waals surface area contributed by atoms with Gasteiger partial charge in [0.15, 0.2) is 5.78 Å². The highest BCUT2D eigenvalue weighted by Gasteiger charge is 2.21. The van der Waals surface area contributed by atoms with Crippen LogP contribution in [0.2, 0.25) is 0 Å². The lowest BCUT2D eigenvalue weighted by Crippen LogP contribution is -2.39. The maximum absolute atomic E-state index is 11.6. The van der Waals surface area contributed by atoms with Gasteiger partial charge >= 0.3 is 0 Å². The van der Waals surface area contributed by atoms with E-state index in [1.165, 1.54) is 6.92 Å². The Morgan fingerprint density at radius 1 is 1.56 bits per heavy atom. The van der Waals surface area contributed by atoms with Gasteiger partial charge in [-0.15, -0.1) is 0 Å². The Morgan fingerprint density at radius 2 is 2.33 bits per heavy atom. The Bertz CT molecular complexity index is 505. The van der Waals surface area contributed by atoms with Gasteiger partial charge in [-0.1, -0.05) is 0 Å². The first-order valence-corrected chi connectivity index (χ1v) is 6.10. The van der Waals surface area contributed by atoms with Gasteiger partial charge < -0.3 is 10.0 Å². The highest BCUT2D eigenvalue weighted by molar-refractivity contribution is 6.00. The lowest BCUT2D eigenvalue weighted by atomic mass is 10.0. The van der Waals surface area contributed by atoms with Crippen molar-refractivity contribution in [3.05, 3.63) is 29.3 Å². The normalized spacial score (nSPS) is 19.4. The van der Waals surface area contributed by atoms with E-state index >= 15 is 0 Å². The van der Waals surface area contributed by atoms with Crippen molar-refractivity contribution in [3.8, 4) is 6.07 Å². The van der Waals surface area contributed by atoms with Gasteiger partial charge in [0.1, 0.15) is 0 Å². The van der Waals surface area contributed by atoms with Crippen LogP contribution in [-0.4, -0.2) is 30.1 Å². The molecule has 4 heteroatoms. The minimum atomic E-state index is -0.357. The minimum Gasteiger partial charge on any atom is -0.391 e. The fraction of sp³-hybridized carbons (Fsp3) is 0.429. The molecule has 0 radical (unpaired) electrons. The van der Waals surface area contributed by atoms with E-state index in [4.69, 9.17) is 5.26 Å². The summed E-state index contributed by atoms with van der Waals surface area (Å²) in [5, 5.41) is 18.6. The standard InChI is InChI=1S/C14H16N2O2/c1-10(17)13-5-4-11(8-15)7-14(13)16-6-2-3-12(18)9-16/h4-5,7,12,18H,2-3,6,9H2,1H3. The molecular weight excluding hydrogens is 228 g/mol. The molecule has 94 valence electrons. The maximum atomic E-state index is 11.6. The number of hydrogen-bond donors (Lipinski definition) is 1. The predicted octanol–water partition coefficient (Wildman–Crippen LogP) is 1.72. The molecule has 4 nitrogen and oxygen atoms in total. The van der Waals surface area contributed by atoms with Gasteiger partial charge in [-0.05, 0) is 38.0 Å². The number of benzene rings is 1. The molecule has 0 amide bonds. The average molecular weight is 244 g/mol. The first kappa shape index (κ1) is 12.6. The number of Topliss-reactive ketones (excluding diaryl/α,β-unsaturated/α-hetero) is 1. The molecule has 1 aliphatic rings. The summed E-state index contributed by atoms with van der Waals surface area (Å²) in [5.74, 6) is -0.0189. The molecule has 0 aromatic heterocycles. The number of piperidine rings is 1. The van der Waals surface area contributed by atoms with Crippen LogP contribution >= 0.6 is 0 Å². The number of anilines is 1. The molecule has 1 heterocycles.